The Labute approximate surface area is 139 Å². The fraction of sp³-hybridized carbons (Fsp3) is 0. The number of carbonyl (C=O) groups excluding carboxylic acids is 1. The van der Waals surface area contributed by atoms with Crippen LogP contribution in [0.25, 0.3) is 0 Å². The number of hydrogen-bond donors (Lipinski definition) is 1. The molecular weight excluding hydrogens is 302 g/mol. The minimum Gasteiger partial charge on any atom is -0.478 e. The van der Waals surface area contributed by atoms with Gasteiger partial charge in [-0.3, -0.25) is 9.69 Å². The van der Waals surface area contributed by atoms with E-state index in [-0.39, 0.29) is 11.5 Å². The maximum Gasteiger partial charge on any atom is 0.335 e. The van der Waals surface area contributed by atoms with Crippen LogP contribution in [0.4, 0.5) is 11.4 Å². The molecule has 0 spiro atoms. The number of hydrogen-bond acceptors (Lipinski definition) is 2. The summed E-state index contributed by atoms with van der Waals surface area (Å²) in [6.07, 6.45) is 0. The van der Waals surface area contributed by atoms with Crippen LogP contribution in [0.1, 0.15) is 20.7 Å². The number of anilines is 2. The second kappa shape index (κ2) is 6.79. The third kappa shape index (κ3) is 3.17. The van der Waals surface area contributed by atoms with Crippen molar-refractivity contribution in [1.82, 2.24) is 0 Å². The van der Waals surface area contributed by atoms with E-state index in [1.54, 1.807) is 29.2 Å². The topological polar surface area (TPSA) is 57.6 Å². The number of carboxylic acids is 1. The molecule has 24 heavy (non-hydrogen) atoms. The average Bonchev–Trinajstić information content (AvgIpc) is 2.64. The maximum atomic E-state index is 13.0. The van der Waals surface area contributed by atoms with Crippen LogP contribution in [-0.4, -0.2) is 17.0 Å². The van der Waals surface area contributed by atoms with Gasteiger partial charge in [0.15, 0.2) is 0 Å². The molecule has 4 heteroatoms. The molecule has 0 saturated heterocycles. The Morgan fingerprint density at radius 2 is 1.12 bits per heavy atom. The number of nitrogens with zero attached hydrogens (tertiary/aromatic N) is 1. The number of aromatic carboxylic acids is 1. The van der Waals surface area contributed by atoms with Gasteiger partial charge in [-0.15, -0.1) is 0 Å². The van der Waals surface area contributed by atoms with E-state index in [2.05, 4.69) is 0 Å². The van der Waals surface area contributed by atoms with E-state index < -0.39 is 5.97 Å². The van der Waals surface area contributed by atoms with Crippen molar-refractivity contribution >= 4 is 23.3 Å². The van der Waals surface area contributed by atoms with Gasteiger partial charge < -0.3 is 5.11 Å². The molecule has 0 aliphatic rings. The van der Waals surface area contributed by atoms with Crippen LogP contribution in [-0.2, 0) is 0 Å². The molecule has 118 valence electrons. The van der Waals surface area contributed by atoms with Gasteiger partial charge in [-0.25, -0.2) is 4.79 Å². The lowest BCUT2D eigenvalue weighted by atomic mass is 10.1. The van der Waals surface area contributed by atoms with E-state index in [0.717, 1.165) is 5.69 Å². The first kappa shape index (κ1) is 15.5. The fourth-order valence-corrected chi connectivity index (χ4v) is 2.42. The highest BCUT2D eigenvalue weighted by molar-refractivity contribution is 6.11. The highest BCUT2D eigenvalue weighted by atomic mass is 16.4. The fourth-order valence-electron chi connectivity index (χ4n) is 2.42. The van der Waals surface area contributed by atoms with Crippen molar-refractivity contribution in [2.75, 3.05) is 4.90 Å². The Kier molecular flexibility index (Phi) is 4.38. The lowest BCUT2D eigenvalue weighted by molar-refractivity contribution is 0.0696. The van der Waals surface area contributed by atoms with Crippen LogP contribution >= 0.6 is 0 Å². The largest absolute Gasteiger partial charge is 0.478 e. The highest BCUT2D eigenvalue weighted by Crippen LogP contribution is 2.27. The van der Waals surface area contributed by atoms with Crippen molar-refractivity contribution < 1.29 is 14.7 Å². The molecule has 0 unspecified atom stereocenters. The van der Waals surface area contributed by atoms with Gasteiger partial charge >= 0.3 is 5.97 Å². The molecule has 3 aromatic rings. The summed E-state index contributed by atoms with van der Waals surface area (Å²) < 4.78 is 0. The minimum absolute atomic E-state index is 0.176. The standard InChI is InChI=1S/C20H15NO3/c22-19(15-7-3-1-4-8-15)21(17-9-5-2-6-10-17)18-13-11-16(12-14-18)20(23)24/h1-14H,(H,23,24). The zero-order chi connectivity index (χ0) is 16.9. The summed E-state index contributed by atoms with van der Waals surface area (Å²) in [6, 6.07) is 24.5. The molecule has 3 rings (SSSR count). The summed E-state index contributed by atoms with van der Waals surface area (Å²) in [4.78, 5) is 25.6. The van der Waals surface area contributed by atoms with Gasteiger partial charge in [0.2, 0.25) is 0 Å². The zero-order valence-corrected chi connectivity index (χ0v) is 12.8. The van der Waals surface area contributed by atoms with Crippen LogP contribution in [0.15, 0.2) is 84.9 Å². The first-order valence-electron chi connectivity index (χ1n) is 7.45. The normalized spacial score (nSPS) is 10.2. The first-order valence-corrected chi connectivity index (χ1v) is 7.45. The quantitative estimate of drug-likeness (QED) is 0.777. The van der Waals surface area contributed by atoms with E-state index in [4.69, 9.17) is 5.11 Å². The number of amides is 1. The van der Waals surface area contributed by atoms with Crippen LogP contribution in [0.2, 0.25) is 0 Å². The molecule has 0 aliphatic heterocycles. The lowest BCUT2D eigenvalue weighted by Crippen LogP contribution is -2.25. The van der Waals surface area contributed by atoms with Crippen molar-refractivity contribution in [3.8, 4) is 0 Å². The van der Waals surface area contributed by atoms with Crippen LogP contribution in [0, 0.1) is 0 Å². The maximum absolute atomic E-state index is 13.0. The number of carboxylic acid groups (broad SMARTS) is 1. The van der Waals surface area contributed by atoms with Crippen molar-refractivity contribution in [2.24, 2.45) is 0 Å². The summed E-state index contributed by atoms with van der Waals surface area (Å²) in [7, 11) is 0. The molecule has 0 fully saturated rings. The Morgan fingerprint density at radius 1 is 0.625 bits per heavy atom. The predicted octanol–water partition coefficient (Wildman–Crippen LogP) is 4.36. The van der Waals surface area contributed by atoms with Gasteiger partial charge in [0.25, 0.3) is 5.91 Å². The van der Waals surface area contributed by atoms with Gasteiger partial charge in [-0.1, -0.05) is 36.4 Å². The van der Waals surface area contributed by atoms with Crippen LogP contribution in [0.3, 0.4) is 0 Å². The molecule has 0 saturated carbocycles. The average molecular weight is 317 g/mol. The number of benzene rings is 3. The van der Waals surface area contributed by atoms with Crippen LogP contribution in [0.5, 0.6) is 0 Å². The van der Waals surface area contributed by atoms with E-state index in [1.807, 2.05) is 48.5 Å². The zero-order valence-electron chi connectivity index (χ0n) is 12.8. The Hall–Kier alpha value is -3.40. The van der Waals surface area contributed by atoms with E-state index in [0.29, 0.717) is 11.3 Å². The molecule has 0 radical (unpaired) electrons. The van der Waals surface area contributed by atoms with Gasteiger partial charge in [-0.05, 0) is 48.5 Å². The summed E-state index contributed by atoms with van der Waals surface area (Å²) >= 11 is 0. The van der Waals surface area contributed by atoms with Crippen molar-refractivity contribution in [3.05, 3.63) is 96.1 Å². The molecular formula is C20H15NO3. The highest BCUT2D eigenvalue weighted by Gasteiger charge is 2.19. The van der Waals surface area contributed by atoms with Crippen molar-refractivity contribution in [3.63, 3.8) is 0 Å². The summed E-state index contributed by atoms with van der Waals surface area (Å²) in [5.41, 5.74) is 2.07. The van der Waals surface area contributed by atoms with E-state index in [1.165, 1.54) is 12.1 Å². The Bertz CT molecular complexity index is 843. The first-order chi connectivity index (χ1) is 11.7. The second-order valence-corrected chi connectivity index (χ2v) is 5.19. The monoisotopic (exact) mass is 317 g/mol. The van der Waals surface area contributed by atoms with E-state index >= 15 is 0 Å². The molecule has 4 nitrogen and oxygen atoms in total. The van der Waals surface area contributed by atoms with E-state index in [9.17, 15) is 9.59 Å². The van der Waals surface area contributed by atoms with Gasteiger partial charge in [0.05, 0.1) is 5.56 Å². The van der Waals surface area contributed by atoms with Crippen molar-refractivity contribution in [1.29, 1.82) is 0 Å². The lowest BCUT2D eigenvalue weighted by Gasteiger charge is -2.23. The van der Waals surface area contributed by atoms with Gasteiger partial charge in [0, 0.05) is 16.9 Å². The molecule has 0 aliphatic carbocycles. The number of carbonyl (C=O) groups is 2. The molecule has 0 aromatic heterocycles. The van der Waals surface area contributed by atoms with Gasteiger partial charge in [-0.2, -0.15) is 0 Å². The molecule has 3 aromatic carbocycles. The second-order valence-electron chi connectivity index (χ2n) is 5.19. The predicted molar refractivity (Wildman–Crippen MR) is 92.8 cm³/mol. The SMILES string of the molecule is O=C(O)c1ccc(N(C(=O)c2ccccc2)c2ccccc2)cc1. The van der Waals surface area contributed by atoms with Crippen molar-refractivity contribution in [2.45, 2.75) is 0 Å². The molecule has 0 bridgehead atoms. The minimum atomic E-state index is -0.998. The molecule has 1 amide bonds. The van der Waals surface area contributed by atoms with Crippen LogP contribution < -0.4 is 4.90 Å². The molecule has 0 heterocycles. The summed E-state index contributed by atoms with van der Waals surface area (Å²) in [5, 5.41) is 9.04. The third-order valence-electron chi connectivity index (χ3n) is 3.61. The molecule has 1 N–H and O–H groups in total. The smallest absolute Gasteiger partial charge is 0.335 e. The van der Waals surface area contributed by atoms with Gasteiger partial charge in [0.1, 0.15) is 0 Å². The Balaban J connectivity index is 2.06. The third-order valence-corrected chi connectivity index (χ3v) is 3.61. The summed E-state index contributed by atoms with van der Waals surface area (Å²) in [5.74, 6) is -1.17. The Morgan fingerprint density at radius 3 is 1.67 bits per heavy atom. The molecule has 0 atom stereocenters. The number of para-hydroxylation sites is 1. The number of rotatable bonds is 4. The summed E-state index contributed by atoms with van der Waals surface area (Å²) in [6.45, 7) is 0.